The molecule has 0 radical (unpaired) electrons. The fraction of sp³-hybridized carbons (Fsp3) is 0.348. The highest BCUT2D eigenvalue weighted by atomic mass is 16.5. The number of ether oxygens (including phenoxy) is 3. The number of aromatic amines is 1. The summed E-state index contributed by atoms with van der Waals surface area (Å²) in [5.74, 6) is 2.91. The third-order valence-corrected chi connectivity index (χ3v) is 6.17. The van der Waals surface area contributed by atoms with Crippen LogP contribution in [0.1, 0.15) is 12.8 Å². The molecule has 0 spiro atoms. The molecule has 3 aromatic heterocycles. The van der Waals surface area contributed by atoms with Gasteiger partial charge in [-0.25, -0.2) is 4.98 Å². The molecule has 36 heavy (non-hydrogen) atoms. The van der Waals surface area contributed by atoms with Crippen molar-refractivity contribution in [1.82, 2.24) is 24.5 Å². The first-order valence-corrected chi connectivity index (χ1v) is 11.3. The zero-order valence-corrected chi connectivity index (χ0v) is 20.1. The molecule has 186 valence electrons. The number of aromatic nitrogens is 6. The normalized spacial score (nSPS) is 15.2. The fourth-order valence-corrected chi connectivity index (χ4v) is 4.41. The van der Waals surface area contributed by atoms with Crippen LogP contribution in [-0.2, 0) is 0 Å². The van der Waals surface area contributed by atoms with Crippen LogP contribution in [0.15, 0.2) is 31.0 Å². The van der Waals surface area contributed by atoms with Gasteiger partial charge in [-0.2, -0.15) is 9.97 Å². The minimum Gasteiger partial charge on any atom is -0.493 e. The number of hydrogen-bond donors (Lipinski definition) is 3. The Balaban J connectivity index is 1.53. The molecule has 1 atom stereocenters. The molecule has 13 nitrogen and oxygen atoms in total. The summed E-state index contributed by atoms with van der Waals surface area (Å²) in [5, 5.41) is 22.6. The monoisotopic (exact) mass is 492 g/mol. The average Bonchev–Trinajstić information content (AvgIpc) is 3.66. The van der Waals surface area contributed by atoms with Gasteiger partial charge >= 0.3 is 6.19 Å². The van der Waals surface area contributed by atoms with Crippen molar-refractivity contribution >= 4 is 28.7 Å². The summed E-state index contributed by atoms with van der Waals surface area (Å²) >= 11 is 0. The van der Waals surface area contributed by atoms with Gasteiger partial charge in [-0.1, -0.05) is 0 Å². The van der Waals surface area contributed by atoms with E-state index in [9.17, 15) is 10.4 Å². The molecule has 1 aliphatic heterocycles. The molecule has 1 saturated heterocycles. The number of rotatable bonds is 8. The summed E-state index contributed by atoms with van der Waals surface area (Å²) in [5.41, 5.74) is 1.73. The number of nitrogens with zero attached hydrogens (tertiary/aromatic N) is 7. The second-order valence-corrected chi connectivity index (χ2v) is 8.16. The SMILES string of the molecule is COc1cc(-n2cnc(Nc3nc(N4CCC[C@H]4CO)nc4[nH]c[n+](C#N)c34)c2)cc(OC)c1OC. The molecule has 1 aliphatic rings. The molecule has 1 aromatic carbocycles. The Morgan fingerprint density at radius 2 is 2.00 bits per heavy atom. The van der Waals surface area contributed by atoms with E-state index in [4.69, 9.17) is 19.2 Å². The molecule has 0 bridgehead atoms. The third-order valence-electron chi connectivity index (χ3n) is 6.17. The number of fused-ring (bicyclic) bond motifs is 1. The van der Waals surface area contributed by atoms with Crippen molar-refractivity contribution in [2.75, 3.05) is 44.7 Å². The predicted molar refractivity (Wildman–Crippen MR) is 129 cm³/mol. The highest BCUT2D eigenvalue weighted by molar-refractivity contribution is 5.83. The third kappa shape index (κ3) is 3.97. The summed E-state index contributed by atoms with van der Waals surface area (Å²) in [7, 11) is 4.67. The predicted octanol–water partition coefficient (Wildman–Crippen LogP) is 1.49. The number of anilines is 3. The van der Waals surface area contributed by atoms with Crippen LogP contribution < -0.4 is 29.0 Å². The number of hydrogen-bond acceptors (Lipinski definition) is 10. The topological polar surface area (TPSA) is 150 Å². The van der Waals surface area contributed by atoms with E-state index < -0.39 is 0 Å². The van der Waals surface area contributed by atoms with Gasteiger partial charge in [0, 0.05) is 23.9 Å². The molecule has 13 heteroatoms. The van der Waals surface area contributed by atoms with Gasteiger partial charge in [0.2, 0.25) is 29.2 Å². The first-order chi connectivity index (χ1) is 17.6. The van der Waals surface area contributed by atoms with Gasteiger partial charge in [0.15, 0.2) is 17.3 Å². The Morgan fingerprint density at radius 3 is 2.67 bits per heavy atom. The lowest BCUT2D eigenvalue weighted by molar-refractivity contribution is -0.557. The van der Waals surface area contributed by atoms with Crippen molar-refractivity contribution in [2.24, 2.45) is 0 Å². The van der Waals surface area contributed by atoms with Crippen molar-refractivity contribution in [3.63, 3.8) is 0 Å². The first-order valence-electron chi connectivity index (χ1n) is 11.3. The Kier molecular flexibility index (Phi) is 6.17. The van der Waals surface area contributed by atoms with E-state index in [1.165, 1.54) is 10.9 Å². The summed E-state index contributed by atoms with van der Waals surface area (Å²) < 4.78 is 19.5. The van der Waals surface area contributed by atoms with E-state index in [0.717, 1.165) is 25.1 Å². The van der Waals surface area contributed by atoms with Crippen LogP contribution in [0, 0.1) is 11.5 Å². The smallest absolute Gasteiger partial charge is 0.375 e. The van der Waals surface area contributed by atoms with E-state index in [1.807, 2.05) is 17.0 Å². The lowest BCUT2D eigenvalue weighted by Gasteiger charge is -2.23. The van der Waals surface area contributed by atoms with Gasteiger partial charge in [-0.15, -0.1) is 4.57 Å². The van der Waals surface area contributed by atoms with Crippen LogP contribution in [-0.4, -0.2) is 70.1 Å². The average molecular weight is 493 g/mol. The van der Waals surface area contributed by atoms with Crippen LogP contribution in [0.2, 0.25) is 0 Å². The zero-order valence-electron chi connectivity index (χ0n) is 20.1. The molecule has 0 amide bonds. The Morgan fingerprint density at radius 1 is 1.22 bits per heavy atom. The first kappa shape index (κ1) is 23.2. The van der Waals surface area contributed by atoms with Gasteiger partial charge in [0.25, 0.3) is 0 Å². The molecule has 1 fully saturated rings. The molecule has 0 saturated carbocycles. The maximum absolute atomic E-state index is 9.77. The summed E-state index contributed by atoms with van der Waals surface area (Å²) in [6.07, 6.45) is 8.85. The van der Waals surface area contributed by atoms with E-state index in [0.29, 0.717) is 46.0 Å². The van der Waals surface area contributed by atoms with Crippen molar-refractivity contribution < 1.29 is 23.9 Å². The number of aliphatic hydroxyl groups excluding tert-OH is 1. The standard InChI is InChI=1S/C23H25N9O4/c1-34-16-7-15(8-17(35-2)20(16)36-3)30-9-18(25-12-30)27-22-19-21(26-13-31(19)11-24)28-23(29-22)32-6-4-5-14(32)10-33/h7-9,12-14,33H,4-6,10H2,1-3H3,(H,27,28,29)/p+1/t14-/m0/s1. The summed E-state index contributed by atoms with van der Waals surface area (Å²) in [6.45, 7) is 0.761. The van der Waals surface area contributed by atoms with Crippen molar-refractivity contribution in [3.8, 4) is 29.1 Å². The summed E-state index contributed by atoms with van der Waals surface area (Å²) in [6, 6.07) is 3.57. The fourth-order valence-electron chi connectivity index (χ4n) is 4.41. The molecule has 0 aliphatic carbocycles. The molecule has 5 rings (SSSR count). The second-order valence-electron chi connectivity index (χ2n) is 8.16. The van der Waals surface area contributed by atoms with Crippen LogP contribution >= 0.6 is 0 Å². The van der Waals surface area contributed by atoms with Crippen LogP contribution in [0.3, 0.4) is 0 Å². The number of imidazole rings is 2. The Hall–Kier alpha value is -4.57. The lowest BCUT2D eigenvalue weighted by atomic mass is 10.2. The second kappa shape index (κ2) is 9.59. The molecular weight excluding hydrogens is 466 g/mol. The Labute approximate surface area is 206 Å². The van der Waals surface area contributed by atoms with Gasteiger partial charge in [-0.05, 0) is 12.8 Å². The van der Waals surface area contributed by atoms with E-state index >= 15 is 0 Å². The van der Waals surface area contributed by atoms with Crippen LogP contribution in [0.25, 0.3) is 16.9 Å². The highest BCUT2D eigenvalue weighted by Crippen LogP contribution is 2.39. The Bertz CT molecular complexity index is 1420. The maximum Gasteiger partial charge on any atom is 0.375 e. The molecule has 3 N–H and O–H groups in total. The number of nitriles is 1. The largest absolute Gasteiger partial charge is 0.493 e. The minimum atomic E-state index is -0.0485. The van der Waals surface area contributed by atoms with E-state index in [2.05, 4.69) is 26.5 Å². The molecule has 4 aromatic rings. The molecule has 4 heterocycles. The van der Waals surface area contributed by atoms with Crippen molar-refractivity contribution in [2.45, 2.75) is 18.9 Å². The number of nitrogens with one attached hydrogen (secondary N) is 2. The van der Waals surface area contributed by atoms with Gasteiger partial charge in [0.05, 0.1) is 45.9 Å². The van der Waals surface area contributed by atoms with E-state index in [1.54, 1.807) is 38.4 Å². The van der Waals surface area contributed by atoms with Crippen LogP contribution in [0.5, 0.6) is 17.2 Å². The van der Waals surface area contributed by atoms with Gasteiger partial charge in [0.1, 0.15) is 12.1 Å². The van der Waals surface area contributed by atoms with Crippen molar-refractivity contribution in [3.05, 3.63) is 31.0 Å². The quantitative estimate of drug-likeness (QED) is 0.309. The number of methoxy groups -OCH3 is 3. The summed E-state index contributed by atoms with van der Waals surface area (Å²) in [4.78, 5) is 18.8. The number of H-pyrrole nitrogens is 1. The minimum absolute atomic E-state index is 0.0201. The van der Waals surface area contributed by atoms with Gasteiger partial charge in [-0.3, -0.25) is 4.98 Å². The van der Waals surface area contributed by atoms with E-state index in [-0.39, 0.29) is 12.6 Å². The van der Waals surface area contributed by atoms with Crippen LogP contribution in [0.4, 0.5) is 17.6 Å². The highest BCUT2D eigenvalue weighted by Gasteiger charge is 2.29. The zero-order chi connectivity index (χ0) is 25.2. The van der Waals surface area contributed by atoms with Crippen molar-refractivity contribution in [1.29, 1.82) is 5.26 Å². The maximum atomic E-state index is 9.77. The molecule has 0 unspecified atom stereocenters. The number of benzene rings is 1. The van der Waals surface area contributed by atoms with Gasteiger partial charge < -0.3 is 34.1 Å². The molecular formula is C23H26N9O4+. The lowest BCUT2D eigenvalue weighted by Crippen LogP contribution is -2.34. The number of aliphatic hydroxyl groups is 1.